The fourth-order valence-electron chi connectivity index (χ4n) is 1.42. The molecule has 0 aromatic heterocycles. The van der Waals surface area contributed by atoms with Crippen LogP contribution in [0.5, 0.6) is 0 Å². The largest absolute Gasteiger partial charge is 0.379 e. The molecule has 0 aliphatic carbocycles. The van der Waals surface area contributed by atoms with Crippen molar-refractivity contribution in [3.8, 4) is 0 Å². The topological polar surface area (TPSA) is 64.4 Å². The molecule has 3 unspecified atom stereocenters. The van der Waals surface area contributed by atoms with Crippen LogP contribution in [0.1, 0.15) is 34.1 Å². The van der Waals surface area contributed by atoms with Crippen molar-refractivity contribution in [2.75, 3.05) is 13.7 Å². The van der Waals surface area contributed by atoms with Crippen molar-refractivity contribution in [2.24, 2.45) is 17.6 Å². The monoisotopic (exact) mass is 230 g/mol. The minimum absolute atomic E-state index is 0.0492. The lowest BCUT2D eigenvalue weighted by Crippen LogP contribution is -2.47. The van der Waals surface area contributed by atoms with E-state index in [2.05, 4.69) is 19.2 Å². The number of ether oxygens (including phenoxy) is 1. The van der Waals surface area contributed by atoms with Crippen LogP contribution in [0, 0.1) is 11.8 Å². The van der Waals surface area contributed by atoms with E-state index in [1.54, 1.807) is 7.11 Å². The lowest BCUT2D eigenvalue weighted by molar-refractivity contribution is -0.124. The van der Waals surface area contributed by atoms with E-state index in [-0.39, 0.29) is 17.9 Å². The van der Waals surface area contributed by atoms with E-state index < -0.39 is 6.04 Å². The Morgan fingerprint density at radius 1 is 1.38 bits per heavy atom. The van der Waals surface area contributed by atoms with Crippen LogP contribution in [-0.4, -0.2) is 31.7 Å². The molecule has 0 aromatic carbocycles. The summed E-state index contributed by atoms with van der Waals surface area (Å²) in [7, 11) is 1.66. The molecule has 96 valence electrons. The Kier molecular flexibility index (Phi) is 7.34. The second-order valence-electron chi connectivity index (χ2n) is 4.67. The maximum Gasteiger partial charge on any atom is 0.237 e. The molecule has 0 fully saturated rings. The lowest BCUT2D eigenvalue weighted by Gasteiger charge is -2.22. The second-order valence-corrected chi connectivity index (χ2v) is 4.67. The Morgan fingerprint density at radius 2 is 1.94 bits per heavy atom. The molecule has 0 rings (SSSR count). The summed E-state index contributed by atoms with van der Waals surface area (Å²) in [5.74, 6) is 0.502. The molecule has 1 amide bonds. The predicted octanol–water partition coefficient (Wildman–Crippen LogP) is 1.15. The molecule has 0 aliphatic rings. The van der Waals surface area contributed by atoms with Gasteiger partial charge in [0.05, 0.1) is 12.1 Å². The van der Waals surface area contributed by atoms with Gasteiger partial charge in [0.1, 0.15) is 0 Å². The molecule has 0 saturated heterocycles. The first-order chi connectivity index (χ1) is 7.43. The van der Waals surface area contributed by atoms with Gasteiger partial charge in [0, 0.05) is 13.7 Å². The molecular formula is C12H26N2O2. The molecule has 0 bridgehead atoms. The van der Waals surface area contributed by atoms with Gasteiger partial charge >= 0.3 is 0 Å². The van der Waals surface area contributed by atoms with Gasteiger partial charge < -0.3 is 15.8 Å². The van der Waals surface area contributed by atoms with Gasteiger partial charge in [-0.25, -0.2) is 0 Å². The van der Waals surface area contributed by atoms with Gasteiger partial charge in [-0.15, -0.1) is 0 Å². The molecule has 0 radical (unpaired) electrons. The van der Waals surface area contributed by atoms with E-state index in [4.69, 9.17) is 10.5 Å². The number of carbonyl (C=O) groups excluding carboxylic acids is 1. The zero-order valence-electron chi connectivity index (χ0n) is 11.1. The normalized spacial score (nSPS) is 16.9. The standard InChI is InChI=1S/C12H26N2O2/c1-6-9(4)11(13)12(15)14-7-10(16-5)8(2)3/h8-11H,6-7,13H2,1-5H3,(H,14,15). The zero-order valence-corrected chi connectivity index (χ0v) is 11.1. The van der Waals surface area contributed by atoms with E-state index in [0.717, 1.165) is 6.42 Å². The van der Waals surface area contributed by atoms with Crippen molar-refractivity contribution in [2.45, 2.75) is 46.3 Å². The maximum absolute atomic E-state index is 11.7. The zero-order chi connectivity index (χ0) is 12.7. The van der Waals surface area contributed by atoms with Crippen LogP contribution in [0.4, 0.5) is 0 Å². The van der Waals surface area contributed by atoms with E-state index >= 15 is 0 Å². The first-order valence-electron chi connectivity index (χ1n) is 6.00. The molecule has 0 aliphatic heterocycles. The van der Waals surface area contributed by atoms with Crippen molar-refractivity contribution in [3.05, 3.63) is 0 Å². The second kappa shape index (κ2) is 7.63. The summed E-state index contributed by atoms with van der Waals surface area (Å²) in [5, 5.41) is 2.84. The highest BCUT2D eigenvalue weighted by molar-refractivity contribution is 5.81. The number of methoxy groups -OCH3 is 1. The summed E-state index contributed by atoms with van der Waals surface area (Å²) in [6.07, 6.45) is 0.958. The summed E-state index contributed by atoms with van der Waals surface area (Å²) in [4.78, 5) is 11.7. The predicted molar refractivity (Wildman–Crippen MR) is 66.1 cm³/mol. The van der Waals surface area contributed by atoms with Crippen LogP contribution < -0.4 is 11.1 Å². The molecule has 3 N–H and O–H groups in total. The van der Waals surface area contributed by atoms with Crippen LogP contribution in [0.3, 0.4) is 0 Å². The molecular weight excluding hydrogens is 204 g/mol. The summed E-state index contributed by atoms with van der Waals surface area (Å²) in [6.45, 7) is 8.67. The van der Waals surface area contributed by atoms with E-state index in [0.29, 0.717) is 12.5 Å². The molecule has 0 spiro atoms. The Morgan fingerprint density at radius 3 is 2.31 bits per heavy atom. The Hall–Kier alpha value is -0.610. The fourth-order valence-corrected chi connectivity index (χ4v) is 1.42. The SMILES string of the molecule is CCC(C)C(N)C(=O)NCC(OC)C(C)C. The minimum Gasteiger partial charge on any atom is -0.379 e. The van der Waals surface area contributed by atoms with E-state index in [1.807, 2.05) is 13.8 Å². The highest BCUT2D eigenvalue weighted by Crippen LogP contribution is 2.07. The Labute approximate surface area is 98.9 Å². The first-order valence-corrected chi connectivity index (χ1v) is 6.00. The minimum atomic E-state index is -0.422. The number of rotatable bonds is 7. The van der Waals surface area contributed by atoms with Gasteiger partial charge in [0.25, 0.3) is 0 Å². The molecule has 16 heavy (non-hydrogen) atoms. The maximum atomic E-state index is 11.7. The Balaban J connectivity index is 4.05. The summed E-state index contributed by atoms with van der Waals surface area (Å²) < 4.78 is 5.27. The highest BCUT2D eigenvalue weighted by Gasteiger charge is 2.20. The number of hydrogen-bond acceptors (Lipinski definition) is 3. The van der Waals surface area contributed by atoms with Gasteiger partial charge in [-0.2, -0.15) is 0 Å². The molecule has 3 atom stereocenters. The van der Waals surface area contributed by atoms with Crippen LogP contribution in [0.2, 0.25) is 0 Å². The average molecular weight is 230 g/mol. The highest BCUT2D eigenvalue weighted by atomic mass is 16.5. The average Bonchev–Trinajstić information content (AvgIpc) is 2.26. The molecule has 0 saturated carbocycles. The number of amides is 1. The van der Waals surface area contributed by atoms with E-state index in [9.17, 15) is 4.79 Å². The first kappa shape index (κ1) is 15.4. The number of nitrogens with one attached hydrogen (secondary N) is 1. The number of carbonyl (C=O) groups is 1. The Bertz CT molecular complexity index is 207. The van der Waals surface area contributed by atoms with E-state index in [1.165, 1.54) is 0 Å². The van der Waals surface area contributed by atoms with Crippen LogP contribution in [0.25, 0.3) is 0 Å². The van der Waals surface area contributed by atoms with Crippen molar-refractivity contribution < 1.29 is 9.53 Å². The van der Waals surface area contributed by atoms with Gasteiger partial charge in [0.15, 0.2) is 0 Å². The third kappa shape index (κ3) is 4.94. The third-order valence-corrected chi connectivity index (χ3v) is 3.08. The molecule has 4 nitrogen and oxygen atoms in total. The van der Waals surface area contributed by atoms with Gasteiger partial charge in [-0.05, 0) is 11.8 Å². The molecule has 0 heterocycles. The van der Waals surface area contributed by atoms with Crippen molar-refractivity contribution in [1.29, 1.82) is 0 Å². The fraction of sp³-hybridized carbons (Fsp3) is 0.917. The van der Waals surface area contributed by atoms with Crippen molar-refractivity contribution in [3.63, 3.8) is 0 Å². The third-order valence-electron chi connectivity index (χ3n) is 3.08. The van der Waals surface area contributed by atoms with Crippen molar-refractivity contribution >= 4 is 5.91 Å². The van der Waals surface area contributed by atoms with Gasteiger partial charge in [-0.3, -0.25) is 4.79 Å². The number of nitrogens with two attached hydrogens (primary N) is 1. The molecule has 0 aromatic rings. The summed E-state index contributed by atoms with van der Waals surface area (Å²) in [5.41, 5.74) is 5.82. The van der Waals surface area contributed by atoms with Crippen LogP contribution in [0.15, 0.2) is 0 Å². The van der Waals surface area contributed by atoms with Gasteiger partial charge in [0.2, 0.25) is 5.91 Å². The molecule has 4 heteroatoms. The van der Waals surface area contributed by atoms with Crippen LogP contribution in [-0.2, 0) is 9.53 Å². The summed E-state index contributed by atoms with van der Waals surface area (Å²) in [6, 6.07) is -0.422. The van der Waals surface area contributed by atoms with Crippen molar-refractivity contribution in [1.82, 2.24) is 5.32 Å². The quantitative estimate of drug-likeness (QED) is 0.689. The summed E-state index contributed by atoms with van der Waals surface area (Å²) >= 11 is 0. The van der Waals surface area contributed by atoms with Crippen LogP contribution >= 0.6 is 0 Å². The number of hydrogen-bond donors (Lipinski definition) is 2. The van der Waals surface area contributed by atoms with Gasteiger partial charge in [-0.1, -0.05) is 34.1 Å². The lowest BCUT2D eigenvalue weighted by atomic mass is 9.99. The smallest absolute Gasteiger partial charge is 0.237 e.